The van der Waals surface area contributed by atoms with Crippen LogP contribution in [0.15, 0.2) is 24.3 Å². The van der Waals surface area contributed by atoms with Crippen molar-refractivity contribution in [3.8, 4) is 0 Å². The van der Waals surface area contributed by atoms with Crippen LogP contribution in [0.4, 0.5) is 0 Å². The molecule has 1 saturated carbocycles. The van der Waals surface area contributed by atoms with E-state index in [-0.39, 0.29) is 0 Å². The van der Waals surface area contributed by atoms with E-state index in [1.54, 1.807) is 5.56 Å². The van der Waals surface area contributed by atoms with E-state index >= 15 is 0 Å². The molecule has 0 aromatic heterocycles. The summed E-state index contributed by atoms with van der Waals surface area (Å²) >= 11 is 0. The van der Waals surface area contributed by atoms with Crippen LogP contribution >= 0.6 is 0 Å². The summed E-state index contributed by atoms with van der Waals surface area (Å²) in [6.07, 6.45) is 7.98. The largest absolute Gasteiger partial charge is 0.314 e. The van der Waals surface area contributed by atoms with Gasteiger partial charge < -0.3 is 5.32 Å². The smallest absolute Gasteiger partial charge is 0.00727 e. The van der Waals surface area contributed by atoms with E-state index in [1.165, 1.54) is 37.7 Å². The van der Waals surface area contributed by atoms with E-state index in [4.69, 9.17) is 0 Å². The Hall–Kier alpha value is -0.820. The standard InChI is InChI=1S/C17H27N/c1-3-14-8-7-10-15(12-14)16-9-5-6-11-17(13-16)18-4-2/h7-8,10,12,16-18H,3-6,9,11,13H2,1-2H3. The second-order valence-electron chi connectivity index (χ2n) is 5.57. The second kappa shape index (κ2) is 6.94. The van der Waals surface area contributed by atoms with Crippen LogP contribution in [0.1, 0.15) is 63.0 Å². The highest BCUT2D eigenvalue weighted by Crippen LogP contribution is 2.32. The SMILES string of the molecule is CCNC1CCCCC(c2cccc(CC)c2)C1. The molecule has 1 aromatic rings. The fourth-order valence-corrected chi connectivity index (χ4v) is 3.20. The highest BCUT2D eigenvalue weighted by molar-refractivity contribution is 5.26. The average Bonchev–Trinajstić information content (AvgIpc) is 2.65. The maximum absolute atomic E-state index is 3.65. The van der Waals surface area contributed by atoms with Gasteiger partial charge in [0.15, 0.2) is 0 Å². The molecule has 0 radical (unpaired) electrons. The van der Waals surface area contributed by atoms with Crippen LogP contribution in [0.25, 0.3) is 0 Å². The maximum Gasteiger partial charge on any atom is 0.00727 e. The lowest BCUT2D eigenvalue weighted by Crippen LogP contribution is -2.29. The first kappa shape index (κ1) is 13.6. The number of hydrogen-bond acceptors (Lipinski definition) is 1. The van der Waals surface area contributed by atoms with Crippen molar-refractivity contribution in [1.82, 2.24) is 5.32 Å². The Morgan fingerprint density at radius 2 is 2.00 bits per heavy atom. The third-order valence-electron chi connectivity index (χ3n) is 4.25. The van der Waals surface area contributed by atoms with Crippen molar-refractivity contribution in [3.05, 3.63) is 35.4 Å². The third-order valence-corrected chi connectivity index (χ3v) is 4.25. The van der Waals surface area contributed by atoms with E-state index in [1.807, 2.05) is 0 Å². The van der Waals surface area contributed by atoms with Gasteiger partial charge in [0.25, 0.3) is 0 Å². The molecule has 2 unspecified atom stereocenters. The lowest BCUT2D eigenvalue weighted by molar-refractivity contribution is 0.449. The molecule has 1 aliphatic carbocycles. The fraction of sp³-hybridized carbons (Fsp3) is 0.647. The van der Waals surface area contributed by atoms with Crippen LogP contribution < -0.4 is 5.32 Å². The predicted molar refractivity (Wildman–Crippen MR) is 79.1 cm³/mol. The van der Waals surface area contributed by atoms with Gasteiger partial charge in [0, 0.05) is 6.04 Å². The fourth-order valence-electron chi connectivity index (χ4n) is 3.20. The summed E-state index contributed by atoms with van der Waals surface area (Å²) in [5, 5.41) is 3.65. The summed E-state index contributed by atoms with van der Waals surface area (Å²) in [7, 11) is 0. The molecule has 1 heteroatoms. The molecule has 1 N–H and O–H groups in total. The molecule has 2 atom stereocenters. The topological polar surface area (TPSA) is 12.0 Å². The van der Waals surface area contributed by atoms with Gasteiger partial charge >= 0.3 is 0 Å². The number of hydrogen-bond donors (Lipinski definition) is 1. The molecule has 1 nitrogen and oxygen atoms in total. The number of aryl methyl sites for hydroxylation is 1. The van der Waals surface area contributed by atoms with E-state index in [0.29, 0.717) is 0 Å². The van der Waals surface area contributed by atoms with Gasteiger partial charge in [0.1, 0.15) is 0 Å². The molecule has 1 aromatic carbocycles. The number of benzene rings is 1. The van der Waals surface area contributed by atoms with E-state index in [9.17, 15) is 0 Å². The van der Waals surface area contributed by atoms with Gasteiger partial charge in [0.2, 0.25) is 0 Å². The predicted octanol–water partition coefficient (Wildman–Crippen LogP) is 4.27. The molecule has 1 fully saturated rings. The molecule has 2 rings (SSSR count). The zero-order chi connectivity index (χ0) is 12.8. The minimum Gasteiger partial charge on any atom is -0.314 e. The maximum atomic E-state index is 3.65. The summed E-state index contributed by atoms with van der Waals surface area (Å²) < 4.78 is 0. The first-order chi connectivity index (χ1) is 8.83. The van der Waals surface area contributed by atoms with Crippen LogP contribution in [-0.2, 0) is 6.42 Å². The average molecular weight is 245 g/mol. The highest BCUT2D eigenvalue weighted by atomic mass is 14.9. The van der Waals surface area contributed by atoms with Crippen LogP contribution in [0.2, 0.25) is 0 Å². The molecule has 0 amide bonds. The summed E-state index contributed by atoms with van der Waals surface area (Å²) in [6, 6.07) is 9.98. The summed E-state index contributed by atoms with van der Waals surface area (Å²) in [6.45, 7) is 5.57. The minimum absolute atomic E-state index is 0.729. The van der Waals surface area contributed by atoms with Gasteiger partial charge in [-0.2, -0.15) is 0 Å². The second-order valence-corrected chi connectivity index (χ2v) is 5.57. The lowest BCUT2D eigenvalue weighted by atomic mass is 9.89. The van der Waals surface area contributed by atoms with Gasteiger partial charge in [-0.05, 0) is 49.3 Å². The Balaban J connectivity index is 2.09. The number of nitrogens with one attached hydrogen (secondary N) is 1. The molecule has 0 spiro atoms. The summed E-state index contributed by atoms with van der Waals surface area (Å²) in [4.78, 5) is 0. The van der Waals surface area contributed by atoms with E-state index in [0.717, 1.165) is 24.9 Å². The minimum atomic E-state index is 0.729. The molecule has 0 heterocycles. The van der Waals surface area contributed by atoms with Crippen molar-refractivity contribution in [2.45, 2.75) is 64.3 Å². The van der Waals surface area contributed by atoms with Crippen molar-refractivity contribution in [2.24, 2.45) is 0 Å². The van der Waals surface area contributed by atoms with Crippen LogP contribution in [0, 0.1) is 0 Å². The normalized spacial score (nSPS) is 24.8. The van der Waals surface area contributed by atoms with E-state index < -0.39 is 0 Å². The van der Waals surface area contributed by atoms with Crippen molar-refractivity contribution >= 4 is 0 Å². The van der Waals surface area contributed by atoms with E-state index in [2.05, 4.69) is 43.4 Å². The van der Waals surface area contributed by atoms with Gasteiger partial charge in [-0.15, -0.1) is 0 Å². The molecule has 1 aliphatic rings. The first-order valence-electron chi connectivity index (χ1n) is 7.65. The van der Waals surface area contributed by atoms with Crippen molar-refractivity contribution in [1.29, 1.82) is 0 Å². The van der Waals surface area contributed by atoms with Crippen molar-refractivity contribution < 1.29 is 0 Å². The molecule has 100 valence electrons. The van der Waals surface area contributed by atoms with Gasteiger partial charge in [-0.1, -0.05) is 51.0 Å². The van der Waals surface area contributed by atoms with Crippen LogP contribution in [0.5, 0.6) is 0 Å². The Morgan fingerprint density at radius 1 is 1.17 bits per heavy atom. The van der Waals surface area contributed by atoms with Gasteiger partial charge in [-0.3, -0.25) is 0 Å². The molecule has 0 bridgehead atoms. The zero-order valence-electron chi connectivity index (χ0n) is 11.9. The molecular formula is C17H27N. The lowest BCUT2D eigenvalue weighted by Gasteiger charge is -2.21. The van der Waals surface area contributed by atoms with Crippen molar-refractivity contribution in [3.63, 3.8) is 0 Å². The Bertz CT molecular complexity index is 358. The zero-order valence-corrected chi connectivity index (χ0v) is 11.9. The van der Waals surface area contributed by atoms with Gasteiger partial charge in [0.05, 0.1) is 0 Å². The molecule has 18 heavy (non-hydrogen) atoms. The Labute approximate surface area is 112 Å². The summed E-state index contributed by atoms with van der Waals surface area (Å²) in [5.41, 5.74) is 3.05. The Kier molecular flexibility index (Phi) is 5.25. The van der Waals surface area contributed by atoms with Crippen LogP contribution in [0.3, 0.4) is 0 Å². The van der Waals surface area contributed by atoms with Gasteiger partial charge in [-0.25, -0.2) is 0 Å². The third kappa shape index (κ3) is 3.58. The summed E-state index contributed by atoms with van der Waals surface area (Å²) in [5.74, 6) is 0.767. The van der Waals surface area contributed by atoms with Crippen molar-refractivity contribution in [2.75, 3.05) is 6.54 Å². The van der Waals surface area contributed by atoms with Crippen LogP contribution in [-0.4, -0.2) is 12.6 Å². The monoisotopic (exact) mass is 245 g/mol. The molecule has 0 saturated heterocycles. The molecular weight excluding hydrogens is 218 g/mol. The first-order valence-corrected chi connectivity index (χ1v) is 7.65. The molecule has 0 aliphatic heterocycles. The quantitative estimate of drug-likeness (QED) is 0.781. The Morgan fingerprint density at radius 3 is 2.78 bits per heavy atom. The number of rotatable bonds is 4. The highest BCUT2D eigenvalue weighted by Gasteiger charge is 2.20.